The molecular weight excluding hydrogens is 280 g/mol. The van der Waals surface area contributed by atoms with E-state index in [1.165, 1.54) is 7.11 Å². The number of para-hydroxylation sites is 1. The Morgan fingerprint density at radius 2 is 2.00 bits per heavy atom. The quantitative estimate of drug-likeness (QED) is 0.908. The van der Waals surface area contributed by atoms with E-state index in [0.717, 1.165) is 24.1 Å². The molecule has 5 heteroatoms. The average molecular weight is 300 g/mol. The van der Waals surface area contributed by atoms with Crippen molar-refractivity contribution < 1.29 is 14.3 Å². The molecule has 116 valence electrons. The molecule has 1 aromatic carbocycles. The normalized spacial score (nSPS) is 10.1. The number of aromatic nitrogens is 1. The third-order valence-electron chi connectivity index (χ3n) is 3.15. The molecule has 22 heavy (non-hydrogen) atoms. The number of benzene rings is 1. The molecule has 0 atom stereocenters. The number of carbonyl (C=O) groups is 1. The van der Waals surface area contributed by atoms with Crippen LogP contribution in [0.2, 0.25) is 0 Å². The van der Waals surface area contributed by atoms with Crippen LogP contribution in [0.25, 0.3) is 0 Å². The van der Waals surface area contributed by atoms with Crippen LogP contribution in [-0.4, -0.2) is 18.2 Å². The van der Waals surface area contributed by atoms with Crippen LogP contribution in [0, 0.1) is 6.92 Å². The number of hydrogen-bond acceptors (Lipinski definition) is 4. The molecule has 0 fully saturated rings. The average Bonchev–Trinajstić information content (AvgIpc) is 2.51. The van der Waals surface area contributed by atoms with Crippen molar-refractivity contribution in [2.45, 2.75) is 26.7 Å². The van der Waals surface area contributed by atoms with Crippen molar-refractivity contribution >= 4 is 11.8 Å². The zero-order valence-electron chi connectivity index (χ0n) is 13.1. The summed E-state index contributed by atoms with van der Waals surface area (Å²) < 4.78 is 10.5. The van der Waals surface area contributed by atoms with Crippen molar-refractivity contribution in [3.63, 3.8) is 0 Å². The van der Waals surface area contributed by atoms with Gasteiger partial charge in [0.2, 0.25) is 5.88 Å². The Kier molecular flexibility index (Phi) is 5.36. The summed E-state index contributed by atoms with van der Waals surface area (Å²) in [5.41, 5.74) is 2.49. The Morgan fingerprint density at radius 3 is 2.64 bits per heavy atom. The summed E-state index contributed by atoms with van der Waals surface area (Å²) in [5.74, 6) is 0.866. The van der Waals surface area contributed by atoms with E-state index in [0.29, 0.717) is 17.3 Å². The number of nitrogens with zero attached hydrogens (tertiary/aromatic N) is 1. The lowest BCUT2D eigenvalue weighted by Gasteiger charge is -2.13. The number of carbonyl (C=O) groups excluding carboxylic acids is 1. The number of rotatable bonds is 5. The van der Waals surface area contributed by atoms with Gasteiger partial charge in [0.25, 0.3) is 0 Å². The molecular formula is C17H20N2O3. The summed E-state index contributed by atoms with van der Waals surface area (Å²) in [6.07, 6.45) is 1.30. The molecule has 0 saturated carbocycles. The molecule has 0 saturated heterocycles. The van der Waals surface area contributed by atoms with Gasteiger partial charge in [0.1, 0.15) is 11.4 Å². The highest BCUT2D eigenvalue weighted by Gasteiger charge is 2.13. The van der Waals surface area contributed by atoms with Gasteiger partial charge in [-0.05, 0) is 37.1 Å². The summed E-state index contributed by atoms with van der Waals surface area (Å²) in [7, 11) is 1.53. The minimum absolute atomic E-state index is 0.388. The summed E-state index contributed by atoms with van der Waals surface area (Å²) in [4.78, 5) is 16.4. The molecule has 0 bridgehead atoms. The van der Waals surface area contributed by atoms with Gasteiger partial charge in [0.05, 0.1) is 7.11 Å². The molecule has 0 aliphatic rings. The first-order valence-electron chi connectivity index (χ1n) is 7.22. The largest absolute Gasteiger partial charge is 0.480 e. The van der Waals surface area contributed by atoms with E-state index in [2.05, 4.69) is 17.2 Å². The van der Waals surface area contributed by atoms with Gasteiger partial charge < -0.3 is 9.47 Å². The molecule has 1 aromatic heterocycles. The Bertz CT molecular complexity index is 642. The number of amides is 1. The van der Waals surface area contributed by atoms with Crippen molar-refractivity contribution in [1.82, 2.24) is 4.98 Å². The van der Waals surface area contributed by atoms with Crippen LogP contribution >= 0.6 is 0 Å². The minimum atomic E-state index is -0.575. The number of hydrogen-bond donors (Lipinski definition) is 1. The summed E-state index contributed by atoms with van der Waals surface area (Å²) in [6.45, 7) is 4.06. The van der Waals surface area contributed by atoms with E-state index >= 15 is 0 Å². The summed E-state index contributed by atoms with van der Waals surface area (Å²) >= 11 is 0. The Hall–Kier alpha value is -2.56. The minimum Gasteiger partial charge on any atom is -0.480 e. The topological polar surface area (TPSA) is 60.5 Å². The van der Waals surface area contributed by atoms with E-state index in [9.17, 15) is 4.79 Å². The Labute approximate surface area is 130 Å². The molecule has 1 heterocycles. The van der Waals surface area contributed by atoms with Crippen LogP contribution in [0.5, 0.6) is 11.6 Å². The Balaban J connectivity index is 2.14. The fourth-order valence-electron chi connectivity index (χ4n) is 2.10. The molecule has 0 spiro atoms. The van der Waals surface area contributed by atoms with Crippen LogP contribution in [0.1, 0.15) is 24.6 Å². The summed E-state index contributed by atoms with van der Waals surface area (Å²) in [6, 6.07) is 10.7. The predicted molar refractivity (Wildman–Crippen MR) is 85.6 cm³/mol. The van der Waals surface area contributed by atoms with Crippen LogP contribution in [0.15, 0.2) is 36.4 Å². The first-order chi connectivity index (χ1) is 10.6. The van der Waals surface area contributed by atoms with E-state index in [-0.39, 0.29) is 0 Å². The zero-order valence-corrected chi connectivity index (χ0v) is 13.1. The molecule has 0 radical (unpaired) electrons. The van der Waals surface area contributed by atoms with Crippen LogP contribution in [0.4, 0.5) is 10.5 Å². The first-order valence-corrected chi connectivity index (χ1v) is 7.22. The molecule has 0 aliphatic heterocycles. The van der Waals surface area contributed by atoms with Gasteiger partial charge in [-0.25, -0.2) is 9.78 Å². The molecule has 2 rings (SSSR count). The molecule has 0 aliphatic carbocycles. The number of ether oxygens (including phenoxy) is 2. The highest BCUT2D eigenvalue weighted by Crippen LogP contribution is 2.25. The second kappa shape index (κ2) is 7.45. The van der Waals surface area contributed by atoms with Crippen LogP contribution < -0.4 is 14.8 Å². The maximum atomic E-state index is 12.0. The summed E-state index contributed by atoms with van der Waals surface area (Å²) in [5, 5.41) is 2.67. The van der Waals surface area contributed by atoms with E-state index in [1.54, 1.807) is 24.3 Å². The lowest BCUT2D eigenvalue weighted by atomic mass is 10.1. The third kappa shape index (κ3) is 3.97. The molecule has 5 nitrogen and oxygen atoms in total. The van der Waals surface area contributed by atoms with Gasteiger partial charge in [-0.15, -0.1) is 0 Å². The van der Waals surface area contributed by atoms with Crippen molar-refractivity contribution in [2.75, 3.05) is 12.4 Å². The second-order valence-corrected chi connectivity index (χ2v) is 4.89. The van der Waals surface area contributed by atoms with Crippen molar-refractivity contribution in [3.05, 3.63) is 47.7 Å². The number of aryl methyl sites for hydroxylation is 2. The van der Waals surface area contributed by atoms with Gasteiger partial charge in [-0.2, -0.15) is 0 Å². The van der Waals surface area contributed by atoms with Crippen molar-refractivity contribution in [3.8, 4) is 11.6 Å². The van der Waals surface area contributed by atoms with E-state index < -0.39 is 6.09 Å². The zero-order chi connectivity index (χ0) is 15.9. The van der Waals surface area contributed by atoms with E-state index in [1.807, 2.05) is 19.1 Å². The number of anilines is 1. The number of methoxy groups -OCH3 is 1. The number of pyridine rings is 1. The maximum absolute atomic E-state index is 12.0. The molecule has 0 unspecified atom stereocenters. The van der Waals surface area contributed by atoms with Gasteiger partial charge in [-0.1, -0.05) is 31.5 Å². The van der Waals surface area contributed by atoms with Crippen molar-refractivity contribution in [1.29, 1.82) is 0 Å². The monoisotopic (exact) mass is 300 g/mol. The van der Waals surface area contributed by atoms with Gasteiger partial charge >= 0.3 is 6.09 Å². The van der Waals surface area contributed by atoms with Crippen molar-refractivity contribution in [2.24, 2.45) is 0 Å². The first kappa shape index (κ1) is 15.8. The lowest BCUT2D eigenvalue weighted by molar-refractivity contribution is 0.215. The highest BCUT2D eigenvalue weighted by atomic mass is 16.6. The fraction of sp³-hybridized carbons (Fsp3) is 0.294. The Morgan fingerprint density at radius 1 is 1.27 bits per heavy atom. The smallest absolute Gasteiger partial charge is 0.417 e. The maximum Gasteiger partial charge on any atom is 0.417 e. The van der Waals surface area contributed by atoms with Gasteiger partial charge in [0, 0.05) is 5.69 Å². The van der Waals surface area contributed by atoms with Gasteiger partial charge in [0.15, 0.2) is 0 Å². The highest BCUT2D eigenvalue weighted by molar-refractivity contribution is 5.87. The lowest BCUT2D eigenvalue weighted by Crippen LogP contribution is -2.18. The third-order valence-corrected chi connectivity index (χ3v) is 3.15. The number of nitrogens with one attached hydrogen (secondary N) is 1. The molecule has 1 amide bonds. The standard InChI is InChI=1S/C17H20N2O3/c1-4-8-14-12(2)11-15(16(18-14)21-3)19-17(20)22-13-9-6-5-7-10-13/h5-7,9-11H,4,8H2,1-3H3,(H,19,20). The molecule has 2 aromatic rings. The predicted octanol–water partition coefficient (Wildman–Crippen LogP) is 3.96. The van der Waals surface area contributed by atoms with Crippen LogP contribution in [-0.2, 0) is 6.42 Å². The second-order valence-electron chi connectivity index (χ2n) is 4.89. The molecule has 1 N–H and O–H groups in total. The van der Waals surface area contributed by atoms with Gasteiger partial charge in [-0.3, -0.25) is 5.32 Å². The SMILES string of the molecule is CCCc1nc(OC)c(NC(=O)Oc2ccccc2)cc1C. The van der Waals surface area contributed by atoms with E-state index in [4.69, 9.17) is 9.47 Å². The fourth-order valence-corrected chi connectivity index (χ4v) is 2.10. The van der Waals surface area contributed by atoms with Crippen LogP contribution in [0.3, 0.4) is 0 Å².